The van der Waals surface area contributed by atoms with Gasteiger partial charge in [-0.1, -0.05) is 55.8 Å². The summed E-state index contributed by atoms with van der Waals surface area (Å²) in [5, 5.41) is 2.62. The largest absolute Gasteiger partial charge is 0.0616 e. The van der Waals surface area contributed by atoms with Crippen LogP contribution in [0.1, 0.15) is 18.4 Å². The van der Waals surface area contributed by atoms with Gasteiger partial charge in [0.1, 0.15) is 0 Å². The molecule has 2 radical (unpaired) electrons. The van der Waals surface area contributed by atoms with E-state index < -0.39 is 0 Å². The van der Waals surface area contributed by atoms with Gasteiger partial charge in [0, 0.05) is 0 Å². The van der Waals surface area contributed by atoms with Crippen molar-refractivity contribution in [2.75, 3.05) is 0 Å². The van der Waals surface area contributed by atoms with E-state index in [1.54, 1.807) is 0 Å². The van der Waals surface area contributed by atoms with Gasteiger partial charge in [-0.3, -0.25) is 0 Å². The second kappa shape index (κ2) is 4.28. The Morgan fingerprint density at radius 1 is 1.00 bits per heavy atom. The first kappa shape index (κ1) is 9.26. The van der Waals surface area contributed by atoms with Crippen molar-refractivity contribution in [3.05, 3.63) is 61.4 Å². The van der Waals surface area contributed by atoms with Crippen LogP contribution in [0.15, 0.2) is 42.5 Å². The molecular weight excluding hydrogens is 168 g/mol. The van der Waals surface area contributed by atoms with Crippen LogP contribution >= 0.6 is 0 Å². The van der Waals surface area contributed by atoms with Gasteiger partial charge in [-0.25, -0.2) is 0 Å². The van der Waals surface area contributed by atoms with E-state index in [9.17, 15) is 0 Å². The molecule has 0 fully saturated rings. The van der Waals surface area contributed by atoms with Crippen LogP contribution < -0.4 is 0 Å². The molecule has 0 aliphatic carbocycles. The fourth-order valence-electron chi connectivity index (χ4n) is 1.60. The summed E-state index contributed by atoms with van der Waals surface area (Å²) in [5.74, 6) is 0. The van der Waals surface area contributed by atoms with E-state index in [1.807, 2.05) is 0 Å². The summed E-state index contributed by atoms with van der Waals surface area (Å²) in [4.78, 5) is 0. The first-order valence-corrected chi connectivity index (χ1v) is 5.01. The van der Waals surface area contributed by atoms with Crippen molar-refractivity contribution in [1.29, 1.82) is 0 Å². The molecular formula is C14H14. The van der Waals surface area contributed by atoms with E-state index in [4.69, 9.17) is 0 Å². The molecule has 2 rings (SSSR count). The molecule has 2 aromatic rings. The van der Waals surface area contributed by atoms with E-state index in [2.05, 4.69) is 55.8 Å². The second-order valence-corrected chi connectivity index (χ2v) is 3.45. The topological polar surface area (TPSA) is 0 Å². The van der Waals surface area contributed by atoms with E-state index in [-0.39, 0.29) is 0 Å². The number of fused-ring (bicyclic) bond motifs is 1. The van der Waals surface area contributed by atoms with Crippen molar-refractivity contribution in [3.8, 4) is 0 Å². The predicted octanol–water partition coefficient (Wildman–Crippen LogP) is 4.01. The Balaban J connectivity index is 2.32. The SMILES string of the molecule is [CH2]CC[CH]c1ccc2ccccc2c1. The molecule has 0 bridgehead atoms. The molecule has 0 aliphatic heterocycles. The molecule has 14 heavy (non-hydrogen) atoms. The standard InChI is InChI=1S/C14H14/c1-2-3-6-12-9-10-13-7-4-5-8-14(13)11-12/h4-11H,1-3H2. The molecule has 2 aromatic carbocycles. The average Bonchev–Trinajstić information content (AvgIpc) is 2.26. The Hall–Kier alpha value is -1.30. The molecule has 0 atom stereocenters. The predicted molar refractivity (Wildman–Crippen MR) is 61.9 cm³/mol. The van der Waals surface area contributed by atoms with Gasteiger partial charge >= 0.3 is 0 Å². The lowest BCUT2D eigenvalue weighted by Crippen LogP contribution is -1.81. The molecule has 70 valence electrons. The minimum absolute atomic E-state index is 0.965. The normalized spacial score (nSPS) is 10.6. The molecule has 0 saturated heterocycles. The second-order valence-electron chi connectivity index (χ2n) is 3.45. The Labute approximate surface area is 85.6 Å². The van der Waals surface area contributed by atoms with Gasteiger partial charge in [-0.15, -0.1) is 0 Å². The molecule has 0 heteroatoms. The molecule has 0 heterocycles. The van der Waals surface area contributed by atoms with Crippen molar-refractivity contribution in [1.82, 2.24) is 0 Å². The maximum absolute atomic E-state index is 3.83. The molecule has 0 amide bonds. The maximum Gasteiger partial charge on any atom is -0.00929 e. The van der Waals surface area contributed by atoms with Gasteiger partial charge in [0.15, 0.2) is 0 Å². The minimum Gasteiger partial charge on any atom is -0.0616 e. The fraction of sp³-hybridized carbons (Fsp3) is 0.143. The summed E-state index contributed by atoms with van der Waals surface area (Å²) in [5.41, 5.74) is 1.30. The molecule has 0 nitrogen and oxygen atoms in total. The Bertz CT molecular complexity index is 415. The number of unbranched alkanes of at least 4 members (excludes halogenated alkanes) is 1. The van der Waals surface area contributed by atoms with Gasteiger partial charge in [0.2, 0.25) is 0 Å². The molecule has 0 saturated carbocycles. The third kappa shape index (κ3) is 1.95. The molecule has 0 spiro atoms. The van der Waals surface area contributed by atoms with Gasteiger partial charge in [0.25, 0.3) is 0 Å². The first-order chi connectivity index (χ1) is 6.90. The van der Waals surface area contributed by atoms with E-state index >= 15 is 0 Å². The summed E-state index contributed by atoms with van der Waals surface area (Å²) in [6.45, 7) is 3.83. The van der Waals surface area contributed by atoms with Crippen molar-refractivity contribution in [3.63, 3.8) is 0 Å². The smallest absolute Gasteiger partial charge is 0.00929 e. The van der Waals surface area contributed by atoms with Crippen molar-refractivity contribution in [2.45, 2.75) is 12.8 Å². The van der Waals surface area contributed by atoms with Gasteiger partial charge < -0.3 is 0 Å². The van der Waals surface area contributed by atoms with Crippen LogP contribution in [0.2, 0.25) is 0 Å². The number of hydrogen-bond acceptors (Lipinski definition) is 0. The van der Waals surface area contributed by atoms with Gasteiger partial charge in [-0.2, -0.15) is 0 Å². The molecule has 0 N–H and O–H groups in total. The summed E-state index contributed by atoms with van der Waals surface area (Å²) in [7, 11) is 0. The van der Waals surface area contributed by atoms with Gasteiger partial charge in [0.05, 0.1) is 0 Å². The van der Waals surface area contributed by atoms with Crippen molar-refractivity contribution in [2.24, 2.45) is 0 Å². The van der Waals surface area contributed by atoms with Crippen LogP contribution in [0.25, 0.3) is 10.8 Å². The van der Waals surface area contributed by atoms with E-state index in [0.29, 0.717) is 0 Å². The highest BCUT2D eigenvalue weighted by Gasteiger charge is 1.95. The summed E-state index contributed by atoms with van der Waals surface area (Å²) in [6, 6.07) is 15.0. The highest BCUT2D eigenvalue weighted by Crippen LogP contribution is 2.17. The molecule has 0 unspecified atom stereocenters. The van der Waals surface area contributed by atoms with Crippen LogP contribution in [0.4, 0.5) is 0 Å². The maximum atomic E-state index is 3.83. The highest BCUT2D eigenvalue weighted by molar-refractivity contribution is 5.83. The zero-order valence-electron chi connectivity index (χ0n) is 8.24. The Kier molecular flexibility index (Phi) is 2.83. The molecule has 0 aromatic heterocycles. The minimum atomic E-state index is 0.965. The monoisotopic (exact) mass is 182 g/mol. The van der Waals surface area contributed by atoms with E-state index in [1.165, 1.54) is 16.3 Å². The third-order valence-corrected chi connectivity index (χ3v) is 2.36. The number of hydrogen-bond donors (Lipinski definition) is 0. The Morgan fingerprint density at radius 2 is 1.79 bits per heavy atom. The van der Waals surface area contributed by atoms with Crippen molar-refractivity contribution >= 4 is 10.8 Å². The third-order valence-electron chi connectivity index (χ3n) is 2.36. The zero-order chi connectivity index (χ0) is 9.80. The average molecular weight is 182 g/mol. The fourth-order valence-corrected chi connectivity index (χ4v) is 1.60. The summed E-state index contributed by atoms with van der Waals surface area (Å²) < 4.78 is 0. The lowest BCUT2D eigenvalue weighted by molar-refractivity contribution is 0.989. The summed E-state index contributed by atoms with van der Waals surface area (Å²) in [6.07, 6.45) is 4.25. The number of rotatable bonds is 3. The van der Waals surface area contributed by atoms with Crippen LogP contribution in [-0.2, 0) is 0 Å². The Morgan fingerprint density at radius 3 is 2.57 bits per heavy atom. The van der Waals surface area contributed by atoms with E-state index in [0.717, 1.165) is 12.8 Å². The molecule has 0 aliphatic rings. The van der Waals surface area contributed by atoms with Crippen LogP contribution in [0.5, 0.6) is 0 Å². The van der Waals surface area contributed by atoms with Crippen molar-refractivity contribution < 1.29 is 0 Å². The van der Waals surface area contributed by atoms with Crippen LogP contribution in [-0.4, -0.2) is 0 Å². The lowest BCUT2D eigenvalue weighted by atomic mass is 10.0. The zero-order valence-corrected chi connectivity index (χ0v) is 8.24. The number of benzene rings is 2. The van der Waals surface area contributed by atoms with Gasteiger partial charge in [-0.05, 0) is 29.2 Å². The van der Waals surface area contributed by atoms with Crippen LogP contribution in [0.3, 0.4) is 0 Å². The highest BCUT2D eigenvalue weighted by atomic mass is 14.0. The lowest BCUT2D eigenvalue weighted by Gasteiger charge is -2.02. The summed E-state index contributed by atoms with van der Waals surface area (Å²) >= 11 is 0. The van der Waals surface area contributed by atoms with Crippen LogP contribution in [0, 0.1) is 13.3 Å². The quantitative estimate of drug-likeness (QED) is 0.673. The first-order valence-electron chi connectivity index (χ1n) is 5.01.